The number of nitrogen functional groups attached to an aromatic ring is 1. The average molecular weight is 1360 g/mol. The molecule has 0 aliphatic carbocycles. The Morgan fingerprint density at radius 1 is 0.885 bits per heavy atom. The van der Waals surface area contributed by atoms with E-state index in [0.29, 0.717) is 24.8 Å². The Bertz CT molecular complexity index is 1650. The van der Waals surface area contributed by atoms with Crippen LogP contribution in [-0.4, -0.2) is 83.4 Å². The zero-order valence-corrected chi connectivity index (χ0v) is 40.7. The summed E-state index contributed by atoms with van der Waals surface area (Å²) in [6.45, 7) is 3.16. The van der Waals surface area contributed by atoms with Crippen LogP contribution in [0.4, 0.5) is 17.3 Å². The molecule has 2 aromatic rings. The van der Waals surface area contributed by atoms with Gasteiger partial charge in [-0.25, -0.2) is 19.8 Å². The molecule has 52 heavy (non-hydrogen) atoms. The topological polar surface area (TPSA) is 224 Å². The van der Waals surface area contributed by atoms with E-state index in [4.69, 9.17) is 10.8 Å². The molecule has 3 N–H and O–H groups in total. The van der Waals surface area contributed by atoms with Crippen LogP contribution < -0.4 is 28.8 Å². The first-order valence-electron chi connectivity index (χ1n) is 14.2. The molecule has 5 rings (SSSR count). The summed E-state index contributed by atoms with van der Waals surface area (Å²) < 4.78 is 4.45. The molecule has 3 saturated heterocycles. The number of aryl methyl sites for hydroxylation is 1. The van der Waals surface area contributed by atoms with Crippen LogP contribution in [0.2, 0.25) is 0 Å². The first kappa shape index (κ1) is 47.9. The number of aliphatic carboxylic acids is 1. The Morgan fingerprint density at radius 3 is 1.81 bits per heavy atom. The summed E-state index contributed by atoms with van der Waals surface area (Å²) >= 11 is 9.54. The van der Waals surface area contributed by atoms with Gasteiger partial charge in [0.25, 0.3) is 0 Å². The van der Waals surface area contributed by atoms with Crippen LogP contribution in [0.3, 0.4) is 0 Å². The number of pyridine rings is 2. The fourth-order valence-electron chi connectivity index (χ4n) is 4.16. The summed E-state index contributed by atoms with van der Waals surface area (Å²) in [5.41, 5.74) is 6.88. The SMILES string of the molecule is CC(=O)C(CC(=O)O)SSC1CC(=O)N(c2ccc(N)cn2)C1=O.Cc1ccc(N2C(=O)CC(SSC3CC(=O)OC3=O)C2=O)nc1.II.I[I-]I. The van der Waals surface area contributed by atoms with Crippen molar-refractivity contribution in [3.8, 4) is 0 Å². The summed E-state index contributed by atoms with van der Waals surface area (Å²) in [7, 11) is 4.27. The van der Waals surface area contributed by atoms with Crippen molar-refractivity contribution in [2.24, 2.45) is 0 Å². The number of halogens is 5. The predicted octanol–water partition coefficient (Wildman–Crippen LogP) is 2.90. The monoisotopic (exact) mass is 1360 g/mol. The summed E-state index contributed by atoms with van der Waals surface area (Å²) in [6, 6.07) is 6.42. The molecule has 0 saturated carbocycles. The van der Waals surface area contributed by atoms with Crippen LogP contribution in [0.15, 0.2) is 36.7 Å². The van der Waals surface area contributed by atoms with Gasteiger partial charge in [-0.15, -0.1) is 0 Å². The van der Waals surface area contributed by atoms with Crippen LogP contribution in [0.1, 0.15) is 38.2 Å². The van der Waals surface area contributed by atoms with Crippen molar-refractivity contribution in [1.82, 2.24) is 9.97 Å². The van der Waals surface area contributed by atoms with Gasteiger partial charge in [0, 0.05) is 56.3 Å². The Balaban J connectivity index is 0.000000321. The third-order valence-electron chi connectivity index (χ3n) is 6.55. The van der Waals surface area contributed by atoms with Crippen molar-refractivity contribution < 1.29 is 61.5 Å². The van der Waals surface area contributed by atoms with Gasteiger partial charge < -0.3 is 15.6 Å². The number of Topliss-reactive ketones (excluding diaryl/α,β-unsaturated/α-hetero) is 1. The van der Waals surface area contributed by atoms with Gasteiger partial charge in [-0.1, -0.05) is 49.2 Å². The van der Waals surface area contributed by atoms with E-state index in [1.165, 1.54) is 25.3 Å². The van der Waals surface area contributed by atoms with Crippen molar-refractivity contribution in [3.63, 3.8) is 0 Å². The number of carbonyl (C=O) groups is 8. The number of rotatable bonds is 11. The fraction of sp³-hybridized carbons (Fsp3) is 0.357. The Kier molecular flexibility index (Phi) is 22.4. The second kappa shape index (κ2) is 24.4. The number of ether oxygens (including phenoxy) is 1. The molecule has 0 bridgehead atoms. The van der Waals surface area contributed by atoms with Gasteiger partial charge in [0.15, 0.2) is 0 Å². The third-order valence-corrected chi connectivity index (χ3v) is 12.8. The second-order valence-corrected chi connectivity index (χ2v) is 31.9. The van der Waals surface area contributed by atoms with E-state index >= 15 is 0 Å². The number of esters is 2. The standard InChI is InChI=1S/C14H15N3O5S2.C14H12N2O5S2.I3.I2/c1-7(18)9(5-13(20)21)23-24-10-4-12(19)17(14(10)22)11-3-2-8(15)6-16-11;1-7-2-3-10(15-6-7)16-11(17)4-8(13(16)19)22-23-9-5-12(18)21-14(9)20;1-3-2;1-2/h2-3,6,9-10H,4-5,15H2,1H3,(H,20,21);2-3,6,8-9H,4-5H2,1H3;;/q;;-1;. The molecule has 15 nitrogen and oxygen atoms in total. The molecular formula is C28H27I5N5O10S4-. The van der Waals surface area contributed by atoms with Crippen molar-refractivity contribution in [2.75, 3.05) is 15.5 Å². The summed E-state index contributed by atoms with van der Waals surface area (Å²) in [4.78, 5) is 104. The van der Waals surface area contributed by atoms with Crippen LogP contribution >= 0.6 is 118 Å². The molecule has 2 aromatic heterocycles. The second-order valence-electron chi connectivity index (χ2n) is 10.3. The number of nitrogens with two attached hydrogens (primary N) is 1. The molecule has 24 heteroatoms. The van der Waals surface area contributed by atoms with Gasteiger partial charge in [0.05, 0.1) is 30.0 Å². The van der Waals surface area contributed by atoms with Crippen LogP contribution in [0, 0.1) is 6.92 Å². The first-order chi connectivity index (χ1) is 24.7. The van der Waals surface area contributed by atoms with E-state index in [0.717, 1.165) is 58.5 Å². The Morgan fingerprint density at radius 2 is 1.38 bits per heavy atom. The molecule has 5 heterocycles. The van der Waals surface area contributed by atoms with E-state index in [9.17, 15) is 38.4 Å². The van der Waals surface area contributed by atoms with Crippen LogP contribution in [-0.2, 0) is 43.1 Å². The molecule has 4 atom stereocenters. The van der Waals surface area contributed by atoms with Gasteiger partial charge in [0.2, 0.25) is 23.6 Å². The van der Waals surface area contributed by atoms with Crippen molar-refractivity contribution in [3.05, 3.63) is 42.2 Å². The number of anilines is 3. The zero-order valence-electron chi connectivity index (χ0n) is 26.6. The van der Waals surface area contributed by atoms with Gasteiger partial charge in [-0.2, -0.15) is 0 Å². The van der Waals surface area contributed by atoms with Gasteiger partial charge >= 0.3 is 68.4 Å². The minimum atomic E-state index is -1.09. The number of carboxylic acids is 1. The van der Waals surface area contributed by atoms with Crippen molar-refractivity contribution in [1.29, 1.82) is 0 Å². The predicted molar refractivity (Wildman–Crippen MR) is 232 cm³/mol. The minimum absolute atomic E-state index is 0.00537. The number of hydrogen-bond acceptors (Lipinski definition) is 16. The molecule has 4 amide bonds. The number of aromatic nitrogens is 2. The number of amides is 4. The molecule has 0 radical (unpaired) electrons. The van der Waals surface area contributed by atoms with Crippen molar-refractivity contribution >= 4 is 182 Å². The number of hydrogen-bond donors (Lipinski definition) is 2. The van der Waals surface area contributed by atoms with E-state index in [1.54, 1.807) is 18.3 Å². The molecule has 4 unspecified atom stereocenters. The number of ketones is 1. The van der Waals surface area contributed by atoms with E-state index < -0.39 is 50.7 Å². The van der Waals surface area contributed by atoms with Gasteiger partial charge in [-0.3, -0.25) is 38.4 Å². The molecule has 3 aliphatic rings. The third kappa shape index (κ3) is 14.7. The maximum atomic E-state index is 12.4. The van der Waals surface area contributed by atoms with Crippen molar-refractivity contribution in [2.45, 2.75) is 60.5 Å². The molecule has 0 spiro atoms. The van der Waals surface area contributed by atoms with E-state index in [-0.39, 0.29) is 49.1 Å². The summed E-state index contributed by atoms with van der Waals surface area (Å²) in [6.07, 6.45) is 2.62. The number of cyclic esters (lactones) is 2. The summed E-state index contributed by atoms with van der Waals surface area (Å²) in [5, 5.41) is 6.14. The van der Waals surface area contributed by atoms with Crippen LogP contribution in [0.25, 0.3) is 0 Å². The Hall–Kier alpha value is -0.290. The molecule has 3 aliphatic heterocycles. The van der Waals surface area contributed by atoms with Gasteiger partial charge in [-0.05, 0) is 37.6 Å². The number of carbonyl (C=O) groups excluding carboxylic acids is 7. The molecular weight excluding hydrogens is 1330 g/mol. The van der Waals surface area contributed by atoms with E-state index in [1.807, 2.05) is 6.92 Å². The molecule has 0 aromatic carbocycles. The molecule has 3 fully saturated rings. The zero-order chi connectivity index (χ0) is 39.1. The Labute approximate surface area is 366 Å². The van der Waals surface area contributed by atoms with E-state index in [2.05, 4.69) is 89.2 Å². The van der Waals surface area contributed by atoms with Gasteiger partial charge in [0.1, 0.15) is 33.2 Å². The quantitative estimate of drug-likeness (QED) is 0.109. The average Bonchev–Trinajstić information content (AvgIpc) is 3.68. The fourth-order valence-corrected chi connectivity index (χ4v) is 9.73. The molecule has 284 valence electrons. The number of carboxylic acid groups (broad SMARTS) is 1. The number of nitrogens with zero attached hydrogens (tertiary/aromatic N) is 4. The van der Waals surface area contributed by atoms with Crippen LogP contribution in [0.5, 0.6) is 0 Å². The normalized spacial score (nSPS) is 20.0. The maximum absolute atomic E-state index is 12.4. The first-order valence-corrected chi connectivity index (χ1v) is 37.6. The summed E-state index contributed by atoms with van der Waals surface area (Å²) in [5.74, 6) is -3.56. The number of imide groups is 2.